The fourth-order valence-electron chi connectivity index (χ4n) is 2.09. The van der Waals surface area contributed by atoms with Crippen LogP contribution in [0.15, 0.2) is 72.8 Å². The number of nitro groups is 3. The number of nitrogens with zero attached hydrogens (tertiary/aromatic N) is 3. The molecule has 0 unspecified atom stereocenters. The molecule has 0 spiro atoms. The van der Waals surface area contributed by atoms with Gasteiger partial charge in [-0.1, -0.05) is 36.4 Å². The summed E-state index contributed by atoms with van der Waals surface area (Å²) in [5.41, 5.74) is -3.00. The highest BCUT2D eigenvalue weighted by Gasteiger charge is 2.30. The monoisotopic (exact) mass is 399 g/mol. The number of phenols is 1. The Morgan fingerprint density at radius 3 is 1.34 bits per heavy atom. The summed E-state index contributed by atoms with van der Waals surface area (Å²) in [4.78, 5) is 27.8. The molecule has 0 heterocycles. The van der Waals surface area contributed by atoms with Crippen LogP contribution in [0.2, 0.25) is 0 Å². The van der Waals surface area contributed by atoms with Gasteiger partial charge in [-0.3, -0.25) is 30.3 Å². The standard InChI is InChI=1S/C12H10O.C6H3N3O7/c1-3-7-11(8-4-1)13-12-9-5-2-6-10-12;10-6-4(8(13)14)1-3(7(11)12)2-5(6)9(15)16/h1-10H;1-2,10H. The van der Waals surface area contributed by atoms with Crippen LogP contribution in [0.4, 0.5) is 17.1 Å². The third-order valence-corrected chi connectivity index (χ3v) is 3.38. The minimum Gasteiger partial charge on any atom is -0.497 e. The summed E-state index contributed by atoms with van der Waals surface area (Å²) in [6, 6.07) is 20.4. The van der Waals surface area contributed by atoms with Crippen LogP contribution in [-0.2, 0) is 0 Å². The quantitative estimate of drug-likeness (QED) is 0.481. The number of hydrogen-bond acceptors (Lipinski definition) is 8. The van der Waals surface area contributed by atoms with Crippen molar-refractivity contribution in [1.29, 1.82) is 0 Å². The Hall–Kier alpha value is -4.54. The molecule has 0 saturated heterocycles. The predicted octanol–water partition coefficient (Wildman–Crippen LogP) is 4.60. The van der Waals surface area contributed by atoms with E-state index in [0.29, 0.717) is 12.1 Å². The van der Waals surface area contributed by atoms with Crippen molar-refractivity contribution >= 4 is 17.1 Å². The van der Waals surface area contributed by atoms with Gasteiger partial charge in [-0.05, 0) is 24.3 Å². The highest BCUT2D eigenvalue weighted by molar-refractivity contribution is 5.64. The van der Waals surface area contributed by atoms with E-state index < -0.39 is 37.6 Å². The lowest BCUT2D eigenvalue weighted by Gasteiger charge is -2.03. The smallest absolute Gasteiger partial charge is 0.324 e. The van der Waals surface area contributed by atoms with Crippen LogP contribution in [-0.4, -0.2) is 19.9 Å². The van der Waals surface area contributed by atoms with Crippen molar-refractivity contribution in [2.24, 2.45) is 0 Å². The first-order valence-electron chi connectivity index (χ1n) is 7.87. The lowest BCUT2D eigenvalue weighted by molar-refractivity contribution is -0.404. The van der Waals surface area contributed by atoms with Gasteiger partial charge in [-0.2, -0.15) is 0 Å². The lowest BCUT2D eigenvalue weighted by Crippen LogP contribution is -1.97. The normalized spacial score (nSPS) is 9.66. The third-order valence-electron chi connectivity index (χ3n) is 3.38. The molecular formula is C18H13N3O8. The van der Waals surface area contributed by atoms with Gasteiger partial charge in [0.2, 0.25) is 0 Å². The fraction of sp³-hybridized carbons (Fsp3) is 0. The first kappa shape index (κ1) is 20.8. The number of nitro benzene ring substituents is 3. The van der Waals surface area contributed by atoms with Gasteiger partial charge in [-0.25, -0.2) is 0 Å². The molecule has 11 heteroatoms. The molecule has 1 N–H and O–H groups in total. The largest absolute Gasteiger partial charge is 0.497 e. The number of ether oxygens (including phenoxy) is 1. The molecule has 3 rings (SSSR count). The average molecular weight is 399 g/mol. The molecule has 0 aliphatic rings. The van der Waals surface area contributed by atoms with Crippen molar-refractivity contribution in [3.05, 3.63) is 103 Å². The van der Waals surface area contributed by atoms with E-state index in [2.05, 4.69) is 0 Å². The number of hydrogen-bond donors (Lipinski definition) is 1. The molecule has 3 aromatic carbocycles. The summed E-state index contributed by atoms with van der Waals surface area (Å²) < 4.78 is 5.58. The summed E-state index contributed by atoms with van der Waals surface area (Å²) in [6.45, 7) is 0. The molecule has 0 aliphatic carbocycles. The van der Waals surface area contributed by atoms with E-state index in [0.717, 1.165) is 11.5 Å². The number of rotatable bonds is 5. The Morgan fingerprint density at radius 1 is 0.655 bits per heavy atom. The summed E-state index contributed by atoms with van der Waals surface area (Å²) in [7, 11) is 0. The SMILES string of the molecule is O=[N+]([O-])c1cc([N+](=O)[O-])c(O)c([N+](=O)[O-])c1.c1ccc(Oc2ccccc2)cc1. The van der Waals surface area contributed by atoms with Gasteiger partial charge in [0, 0.05) is 0 Å². The Labute approximate surface area is 162 Å². The predicted molar refractivity (Wildman–Crippen MR) is 101 cm³/mol. The molecule has 0 radical (unpaired) electrons. The van der Waals surface area contributed by atoms with Crippen molar-refractivity contribution in [2.75, 3.05) is 0 Å². The fourth-order valence-corrected chi connectivity index (χ4v) is 2.09. The summed E-state index contributed by atoms with van der Waals surface area (Å²) in [5, 5.41) is 40.2. The second-order valence-corrected chi connectivity index (χ2v) is 5.33. The highest BCUT2D eigenvalue weighted by atomic mass is 16.6. The summed E-state index contributed by atoms with van der Waals surface area (Å²) in [5.74, 6) is 0.531. The van der Waals surface area contributed by atoms with E-state index >= 15 is 0 Å². The minimum atomic E-state index is -1.21. The van der Waals surface area contributed by atoms with Crippen molar-refractivity contribution in [1.82, 2.24) is 0 Å². The average Bonchev–Trinajstić information content (AvgIpc) is 2.69. The first-order chi connectivity index (χ1) is 13.8. The Balaban J connectivity index is 0.000000211. The molecule has 29 heavy (non-hydrogen) atoms. The zero-order valence-electron chi connectivity index (χ0n) is 14.6. The summed E-state index contributed by atoms with van der Waals surface area (Å²) in [6.07, 6.45) is 0. The number of aromatic hydroxyl groups is 1. The maximum atomic E-state index is 10.4. The minimum absolute atomic E-state index is 0.447. The Kier molecular flexibility index (Phi) is 6.74. The van der Waals surface area contributed by atoms with Gasteiger partial charge in [-0.15, -0.1) is 0 Å². The van der Waals surface area contributed by atoms with E-state index in [1.165, 1.54) is 0 Å². The number of non-ortho nitro benzene ring substituents is 1. The molecular weight excluding hydrogens is 386 g/mol. The van der Waals surface area contributed by atoms with Gasteiger partial charge in [0.15, 0.2) is 0 Å². The van der Waals surface area contributed by atoms with E-state index in [1.54, 1.807) is 0 Å². The van der Waals surface area contributed by atoms with Gasteiger partial charge in [0.25, 0.3) is 11.4 Å². The second kappa shape index (κ2) is 9.41. The lowest BCUT2D eigenvalue weighted by atomic mass is 10.2. The highest BCUT2D eigenvalue weighted by Crippen LogP contribution is 2.38. The van der Waals surface area contributed by atoms with Crippen molar-refractivity contribution in [2.45, 2.75) is 0 Å². The van der Waals surface area contributed by atoms with Gasteiger partial charge < -0.3 is 9.84 Å². The van der Waals surface area contributed by atoms with Crippen LogP contribution >= 0.6 is 0 Å². The van der Waals surface area contributed by atoms with Gasteiger partial charge >= 0.3 is 11.4 Å². The zero-order chi connectivity index (χ0) is 21.4. The van der Waals surface area contributed by atoms with E-state index in [-0.39, 0.29) is 0 Å². The second-order valence-electron chi connectivity index (χ2n) is 5.33. The Bertz CT molecular complexity index is 953. The van der Waals surface area contributed by atoms with Crippen LogP contribution in [0.1, 0.15) is 0 Å². The maximum absolute atomic E-state index is 10.4. The zero-order valence-corrected chi connectivity index (χ0v) is 14.6. The van der Waals surface area contributed by atoms with E-state index in [1.807, 2.05) is 60.7 Å². The number of phenolic OH excluding ortho intramolecular Hbond substituents is 1. The van der Waals surface area contributed by atoms with E-state index in [9.17, 15) is 30.3 Å². The molecule has 3 aromatic rings. The number of para-hydroxylation sites is 2. The molecule has 0 fully saturated rings. The van der Waals surface area contributed by atoms with Crippen LogP contribution in [0.25, 0.3) is 0 Å². The molecule has 0 bridgehead atoms. The molecule has 0 aromatic heterocycles. The molecule has 11 nitrogen and oxygen atoms in total. The van der Waals surface area contributed by atoms with Crippen LogP contribution in [0.5, 0.6) is 17.2 Å². The van der Waals surface area contributed by atoms with Crippen molar-refractivity contribution < 1.29 is 24.6 Å². The number of benzene rings is 3. The van der Waals surface area contributed by atoms with Crippen LogP contribution in [0, 0.1) is 30.3 Å². The topological polar surface area (TPSA) is 159 Å². The Morgan fingerprint density at radius 2 is 1.03 bits per heavy atom. The first-order valence-corrected chi connectivity index (χ1v) is 7.87. The maximum Gasteiger partial charge on any atom is 0.324 e. The van der Waals surface area contributed by atoms with E-state index in [4.69, 9.17) is 9.84 Å². The molecule has 0 saturated carbocycles. The van der Waals surface area contributed by atoms with Gasteiger partial charge in [0.05, 0.1) is 26.9 Å². The van der Waals surface area contributed by atoms with Crippen molar-refractivity contribution in [3.63, 3.8) is 0 Å². The molecule has 148 valence electrons. The van der Waals surface area contributed by atoms with Crippen molar-refractivity contribution in [3.8, 4) is 17.2 Å². The molecule has 0 aliphatic heterocycles. The molecule has 0 atom stereocenters. The summed E-state index contributed by atoms with van der Waals surface area (Å²) >= 11 is 0. The van der Waals surface area contributed by atoms with Crippen LogP contribution in [0.3, 0.4) is 0 Å². The van der Waals surface area contributed by atoms with Crippen LogP contribution < -0.4 is 4.74 Å². The third kappa shape index (κ3) is 5.72. The van der Waals surface area contributed by atoms with Gasteiger partial charge in [0.1, 0.15) is 11.5 Å². The molecule has 0 amide bonds.